The van der Waals surface area contributed by atoms with Gasteiger partial charge in [-0.25, -0.2) is 0 Å². The van der Waals surface area contributed by atoms with Gasteiger partial charge in [0.05, 0.1) is 25.4 Å². The summed E-state index contributed by atoms with van der Waals surface area (Å²) in [5, 5.41) is 56.6. The van der Waals surface area contributed by atoms with Gasteiger partial charge in [-0.05, 0) is 64.2 Å². The molecular weight excluding hydrogens is 895 g/mol. The molecule has 0 spiro atoms. The van der Waals surface area contributed by atoms with E-state index in [1.807, 2.05) is 122 Å². The number of hydrogen-bond acceptors (Lipinski definition) is 10. The number of rotatable bonds is 41. The van der Waals surface area contributed by atoms with Crippen LogP contribution in [0.15, 0.2) is 146 Å². The lowest BCUT2D eigenvalue weighted by Crippen LogP contribution is -2.61. The van der Waals surface area contributed by atoms with Crippen LogP contribution < -0.4 is 5.32 Å². The molecule has 6 N–H and O–H groups in total. The molecule has 0 aromatic rings. The Morgan fingerprint density at radius 1 is 0.563 bits per heavy atom. The normalized spacial score (nSPS) is 20.8. The minimum atomic E-state index is -1.65. The van der Waals surface area contributed by atoms with Gasteiger partial charge in [-0.3, -0.25) is 9.59 Å². The third-order valence-corrected chi connectivity index (χ3v) is 11.5. The third kappa shape index (κ3) is 35.3. The highest BCUT2D eigenvalue weighted by Crippen LogP contribution is 2.26. The lowest BCUT2D eigenvalue weighted by molar-refractivity contribution is -0.305. The van der Waals surface area contributed by atoms with Crippen molar-refractivity contribution in [3.05, 3.63) is 146 Å². The number of carbonyl (C=O) groups is 2. The number of ether oxygens (including phenoxy) is 3. The summed E-state index contributed by atoms with van der Waals surface area (Å²) in [5.74, 6) is -1.30. The van der Waals surface area contributed by atoms with E-state index in [0.29, 0.717) is 12.8 Å². The van der Waals surface area contributed by atoms with Crippen molar-refractivity contribution in [1.29, 1.82) is 0 Å². The van der Waals surface area contributed by atoms with Gasteiger partial charge in [0.1, 0.15) is 24.4 Å². The Morgan fingerprint density at radius 2 is 1.01 bits per heavy atom. The van der Waals surface area contributed by atoms with Crippen molar-refractivity contribution in [3.63, 3.8) is 0 Å². The Kier molecular flexibility index (Phi) is 42.4. The Bertz CT molecular complexity index is 1700. The molecule has 1 heterocycles. The lowest BCUT2D eigenvalue weighted by atomic mass is 9.99. The molecule has 11 nitrogen and oxygen atoms in total. The first-order valence-corrected chi connectivity index (χ1v) is 26.8. The van der Waals surface area contributed by atoms with Gasteiger partial charge in [0, 0.05) is 6.42 Å². The zero-order chi connectivity index (χ0) is 51.8. The zero-order valence-electron chi connectivity index (χ0n) is 43.5. The number of aliphatic hydroxyl groups is 5. The molecule has 1 saturated heterocycles. The number of allylic oxidation sites excluding steroid dienone is 23. The van der Waals surface area contributed by atoms with Gasteiger partial charge < -0.3 is 45.1 Å². The Labute approximate surface area is 428 Å². The number of hydrogen-bond donors (Lipinski definition) is 6. The van der Waals surface area contributed by atoms with Gasteiger partial charge >= 0.3 is 5.97 Å². The molecule has 0 radical (unpaired) electrons. The zero-order valence-corrected chi connectivity index (χ0v) is 43.5. The molecule has 1 rings (SSSR count). The fourth-order valence-corrected chi connectivity index (χ4v) is 7.29. The van der Waals surface area contributed by atoms with Crippen LogP contribution in [0, 0.1) is 0 Å². The van der Waals surface area contributed by atoms with E-state index in [4.69, 9.17) is 14.2 Å². The van der Waals surface area contributed by atoms with Gasteiger partial charge in [-0.1, -0.05) is 231 Å². The van der Waals surface area contributed by atoms with Crippen LogP contribution in [-0.4, -0.2) is 99.6 Å². The molecule has 0 bridgehead atoms. The maximum Gasteiger partial charge on any atom is 0.306 e. The maximum absolute atomic E-state index is 13.3. The molecule has 11 heteroatoms. The molecule has 8 atom stereocenters. The van der Waals surface area contributed by atoms with E-state index in [1.54, 1.807) is 6.08 Å². The highest BCUT2D eigenvalue weighted by atomic mass is 16.7. The number of amides is 1. The van der Waals surface area contributed by atoms with Gasteiger partial charge in [0.25, 0.3) is 0 Å². The fraction of sp³-hybridized carbons (Fsp3) is 0.567. The molecule has 398 valence electrons. The summed E-state index contributed by atoms with van der Waals surface area (Å²) in [7, 11) is 0. The smallest absolute Gasteiger partial charge is 0.306 e. The van der Waals surface area contributed by atoms with Crippen molar-refractivity contribution < 1.29 is 49.3 Å². The standard InChI is InChI=1S/C60H93NO10/c1-4-7-10-13-16-19-22-24-26-28-29-32-35-38-41-44-47-53(64)59(68)61-51(52(63)46-43-40-37-34-31-21-18-15-12-9-6-3)50-69-60-58(57(67)56(66)54(49-62)70-60)71-55(65)48-45-42-39-36-33-30-27-25-23-20-17-14-11-8-5-2/h7-8,10-11,13-14,16-17,19-20,22-30,32-33,35,43,46,51-54,56-58,60,62-64,66-67H,4-6,9,12,15,18,21,31,34,36-42,44-45,47-50H2,1-3H3,(H,61,68)/b10-7-,11-8+,16-13+,17-14+,22-19+,23-20-,26-24-,27-25-,29-28+,33-30+,35-32+,46-43+. The number of aliphatic hydroxyl groups excluding tert-OH is 5. The van der Waals surface area contributed by atoms with E-state index < -0.39 is 67.4 Å². The molecule has 1 fully saturated rings. The summed E-state index contributed by atoms with van der Waals surface area (Å²) in [6, 6.07) is -1.07. The topological polar surface area (TPSA) is 175 Å². The fourth-order valence-electron chi connectivity index (χ4n) is 7.29. The Balaban J connectivity index is 2.85. The van der Waals surface area contributed by atoms with E-state index in [1.165, 1.54) is 38.5 Å². The second-order valence-corrected chi connectivity index (χ2v) is 17.8. The Morgan fingerprint density at radius 3 is 1.52 bits per heavy atom. The first-order valence-electron chi connectivity index (χ1n) is 26.8. The molecule has 1 amide bonds. The summed E-state index contributed by atoms with van der Waals surface area (Å²) < 4.78 is 17.5. The number of esters is 1. The molecule has 1 aliphatic rings. The van der Waals surface area contributed by atoms with Crippen LogP contribution in [0.2, 0.25) is 0 Å². The predicted octanol–water partition coefficient (Wildman–Crippen LogP) is 11.5. The van der Waals surface area contributed by atoms with E-state index in [9.17, 15) is 35.1 Å². The molecule has 1 aliphatic heterocycles. The Hall–Kier alpha value is -4.46. The summed E-state index contributed by atoms with van der Waals surface area (Å²) in [5.41, 5.74) is 0. The van der Waals surface area contributed by atoms with Crippen molar-refractivity contribution in [2.45, 2.75) is 205 Å². The monoisotopic (exact) mass is 988 g/mol. The van der Waals surface area contributed by atoms with E-state index >= 15 is 0 Å². The van der Waals surface area contributed by atoms with Crippen LogP contribution >= 0.6 is 0 Å². The molecule has 71 heavy (non-hydrogen) atoms. The summed E-state index contributed by atoms with van der Waals surface area (Å²) in [6.45, 7) is 5.38. The maximum atomic E-state index is 13.3. The van der Waals surface area contributed by atoms with Crippen molar-refractivity contribution in [2.24, 2.45) is 0 Å². The molecule has 0 saturated carbocycles. The van der Waals surface area contributed by atoms with Gasteiger partial charge in [-0.2, -0.15) is 0 Å². The first kappa shape index (κ1) is 64.6. The van der Waals surface area contributed by atoms with Crippen LogP contribution in [0.5, 0.6) is 0 Å². The summed E-state index contributed by atoms with van der Waals surface area (Å²) in [6.07, 6.45) is 56.1. The van der Waals surface area contributed by atoms with Crippen molar-refractivity contribution in [1.82, 2.24) is 5.32 Å². The van der Waals surface area contributed by atoms with Crippen LogP contribution in [0.4, 0.5) is 0 Å². The molecular formula is C60H93NO10. The van der Waals surface area contributed by atoms with E-state index in [0.717, 1.165) is 70.6 Å². The molecule has 0 aromatic heterocycles. The first-order chi connectivity index (χ1) is 34.7. The SMILES string of the molecule is CC\C=C/C=C/C=C/C=C\C=C\C=C\CCCCC(O)C(=O)NC(COC1OC(CO)C(O)C(O)C1OC(=O)CCCCC/C=C/C=C\C=C/C=C/C=C/CC)C(O)/C=C/CCCCCCCCCCC. The third-order valence-electron chi connectivity index (χ3n) is 11.5. The van der Waals surface area contributed by atoms with Crippen LogP contribution in [0.3, 0.4) is 0 Å². The van der Waals surface area contributed by atoms with Crippen LogP contribution in [0.1, 0.15) is 156 Å². The molecule has 0 aromatic carbocycles. The number of carbonyl (C=O) groups excluding carboxylic acids is 2. The van der Waals surface area contributed by atoms with Crippen molar-refractivity contribution in [2.75, 3.05) is 13.2 Å². The van der Waals surface area contributed by atoms with Gasteiger partial charge in [0.15, 0.2) is 12.4 Å². The number of unbranched alkanes of at least 4 members (excludes halogenated alkanes) is 14. The van der Waals surface area contributed by atoms with E-state index in [2.05, 4.69) is 44.3 Å². The summed E-state index contributed by atoms with van der Waals surface area (Å²) >= 11 is 0. The van der Waals surface area contributed by atoms with Gasteiger partial charge in [-0.15, -0.1) is 0 Å². The molecule has 0 aliphatic carbocycles. The molecule has 8 unspecified atom stereocenters. The van der Waals surface area contributed by atoms with Crippen LogP contribution in [0.25, 0.3) is 0 Å². The number of nitrogens with one attached hydrogen (secondary N) is 1. The summed E-state index contributed by atoms with van der Waals surface area (Å²) in [4.78, 5) is 26.4. The minimum absolute atomic E-state index is 0.0586. The average Bonchev–Trinajstić information content (AvgIpc) is 3.37. The van der Waals surface area contributed by atoms with Crippen molar-refractivity contribution >= 4 is 11.9 Å². The van der Waals surface area contributed by atoms with Crippen LogP contribution in [-0.2, 0) is 23.8 Å². The largest absolute Gasteiger partial charge is 0.454 e. The average molecular weight is 988 g/mol. The van der Waals surface area contributed by atoms with E-state index in [-0.39, 0.29) is 19.4 Å². The quantitative estimate of drug-likeness (QED) is 0.0150. The highest BCUT2D eigenvalue weighted by molar-refractivity contribution is 5.80. The lowest BCUT2D eigenvalue weighted by Gasteiger charge is -2.41. The second-order valence-electron chi connectivity index (χ2n) is 17.8. The van der Waals surface area contributed by atoms with Crippen molar-refractivity contribution in [3.8, 4) is 0 Å². The second kappa shape index (κ2) is 46.6. The van der Waals surface area contributed by atoms with Gasteiger partial charge in [0.2, 0.25) is 5.91 Å². The predicted molar refractivity (Wildman–Crippen MR) is 291 cm³/mol. The highest BCUT2D eigenvalue weighted by Gasteiger charge is 2.47. The minimum Gasteiger partial charge on any atom is -0.454 e.